The van der Waals surface area contributed by atoms with Crippen molar-refractivity contribution in [2.24, 2.45) is 0 Å². The van der Waals surface area contributed by atoms with Gasteiger partial charge in [-0.1, -0.05) is 42.5 Å². The molecule has 3 aromatic carbocycles. The molecule has 1 heterocycles. The molecule has 0 spiro atoms. The average Bonchev–Trinajstić information content (AvgIpc) is 3.05. The van der Waals surface area contributed by atoms with Gasteiger partial charge in [-0.05, 0) is 42.3 Å². The van der Waals surface area contributed by atoms with Crippen LogP contribution in [-0.4, -0.2) is 9.97 Å². The molecule has 136 valence electrons. The van der Waals surface area contributed by atoms with E-state index in [1.165, 1.54) is 11.1 Å². The number of fused-ring (bicyclic) bond motifs is 1. The van der Waals surface area contributed by atoms with Crippen LogP contribution in [0, 0.1) is 6.92 Å². The second kappa shape index (κ2) is 7.41. The smallest absolute Gasteiger partial charge is 0.323 e. The van der Waals surface area contributed by atoms with E-state index in [-0.39, 0.29) is 5.69 Å². The van der Waals surface area contributed by atoms with Gasteiger partial charge in [-0.25, -0.2) is 4.79 Å². The molecule has 0 bridgehead atoms. The lowest BCUT2D eigenvalue weighted by atomic mass is 10.1. The molecule has 1 aromatic heterocycles. The van der Waals surface area contributed by atoms with Crippen molar-refractivity contribution in [3.63, 3.8) is 0 Å². The predicted molar refractivity (Wildman–Crippen MR) is 108 cm³/mol. The van der Waals surface area contributed by atoms with E-state index in [1.807, 2.05) is 48.5 Å². The van der Waals surface area contributed by atoms with Crippen LogP contribution in [0.1, 0.15) is 16.7 Å². The van der Waals surface area contributed by atoms with Gasteiger partial charge in [0.1, 0.15) is 12.4 Å². The molecule has 0 saturated heterocycles. The van der Waals surface area contributed by atoms with Crippen molar-refractivity contribution in [2.75, 3.05) is 5.32 Å². The molecule has 0 aliphatic rings. The minimum absolute atomic E-state index is 0.197. The Morgan fingerprint density at radius 1 is 0.889 bits per heavy atom. The fourth-order valence-electron chi connectivity index (χ4n) is 3.06. The second-order valence-corrected chi connectivity index (χ2v) is 6.52. The SMILES string of the molecule is Cc1ccccc1COc1ccccc1CNc1ccc2[nH]c(=O)[nH]c2c1. The Morgan fingerprint density at radius 2 is 1.63 bits per heavy atom. The summed E-state index contributed by atoms with van der Waals surface area (Å²) < 4.78 is 6.07. The lowest BCUT2D eigenvalue weighted by Gasteiger charge is -2.14. The quantitative estimate of drug-likeness (QED) is 0.479. The lowest BCUT2D eigenvalue weighted by molar-refractivity contribution is 0.302. The summed E-state index contributed by atoms with van der Waals surface area (Å²) in [5.41, 5.74) is 5.81. The summed E-state index contributed by atoms with van der Waals surface area (Å²) >= 11 is 0. The van der Waals surface area contributed by atoms with Crippen LogP contribution in [0.2, 0.25) is 0 Å². The molecular formula is C22H21N3O2. The van der Waals surface area contributed by atoms with Crippen LogP contribution in [-0.2, 0) is 13.2 Å². The number of benzene rings is 3. The zero-order chi connectivity index (χ0) is 18.6. The molecular weight excluding hydrogens is 338 g/mol. The van der Waals surface area contributed by atoms with E-state index in [4.69, 9.17) is 4.74 Å². The van der Waals surface area contributed by atoms with Gasteiger partial charge in [0.05, 0.1) is 11.0 Å². The largest absolute Gasteiger partial charge is 0.489 e. The van der Waals surface area contributed by atoms with E-state index in [1.54, 1.807) is 0 Å². The maximum Gasteiger partial charge on any atom is 0.323 e. The van der Waals surface area contributed by atoms with Crippen LogP contribution in [0.3, 0.4) is 0 Å². The molecule has 3 N–H and O–H groups in total. The lowest BCUT2D eigenvalue weighted by Crippen LogP contribution is -2.04. The first-order chi connectivity index (χ1) is 13.2. The van der Waals surface area contributed by atoms with E-state index >= 15 is 0 Å². The first-order valence-corrected chi connectivity index (χ1v) is 8.90. The summed E-state index contributed by atoms with van der Waals surface area (Å²) in [5.74, 6) is 0.865. The van der Waals surface area contributed by atoms with Crippen LogP contribution in [0.15, 0.2) is 71.5 Å². The molecule has 0 amide bonds. The van der Waals surface area contributed by atoms with Gasteiger partial charge < -0.3 is 20.0 Å². The van der Waals surface area contributed by atoms with Gasteiger partial charge in [0.25, 0.3) is 0 Å². The highest BCUT2D eigenvalue weighted by Gasteiger charge is 2.06. The maximum atomic E-state index is 11.4. The minimum Gasteiger partial charge on any atom is -0.489 e. The monoisotopic (exact) mass is 359 g/mol. The Labute approximate surface area is 157 Å². The summed E-state index contributed by atoms with van der Waals surface area (Å²) in [6.07, 6.45) is 0. The number of H-pyrrole nitrogens is 2. The third-order valence-electron chi connectivity index (χ3n) is 4.62. The Morgan fingerprint density at radius 3 is 2.48 bits per heavy atom. The summed E-state index contributed by atoms with van der Waals surface area (Å²) in [6, 6.07) is 22.0. The number of ether oxygens (including phenoxy) is 1. The molecule has 0 aliphatic carbocycles. The van der Waals surface area contributed by atoms with Gasteiger partial charge in [0.2, 0.25) is 0 Å². The van der Waals surface area contributed by atoms with E-state index in [2.05, 4.69) is 40.4 Å². The normalized spacial score (nSPS) is 10.9. The zero-order valence-corrected chi connectivity index (χ0v) is 15.1. The fourth-order valence-corrected chi connectivity index (χ4v) is 3.06. The summed E-state index contributed by atoms with van der Waals surface area (Å²) in [5, 5.41) is 3.40. The number of imidazole rings is 1. The number of hydrogen-bond donors (Lipinski definition) is 3. The highest BCUT2D eigenvalue weighted by atomic mass is 16.5. The number of aromatic amines is 2. The van der Waals surface area contributed by atoms with Crippen LogP contribution in [0.4, 0.5) is 5.69 Å². The highest BCUT2D eigenvalue weighted by molar-refractivity contribution is 5.78. The number of para-hydroxylation sites is 1. The van der Waals surface area contributed by atoms with Crippen molar-refractivity contribution in [1.29, 1.82) is 0 Å². The van der Waals surface area contributed by atoms with Gasteiger partial charge >= 0.3 is 5.69 Å². The topological polar surface area (TPSA) is 69.9 Å². The number of rotatable bonds is 6. The summed E-state index contributed by atoms with van der Waals surface area (Å²) in [4.78, 5) is 16.9. The van der Waals surface area contributed by atoms with Gasteiger partial charge in [-0.15, -0.1) is 0 Å². The van der Waals surface area contributed by atoms with Crippen molar-refractivity contribution < 1.29 is 4.74 Å². The standard InChI is InChI=1S/C22H21N3O2/c1-15-6-2-3-8-17(15)14-27-21-9-5-4-7-16(21)13-23-18-10-11-19-20(12-18)25-22(26)24-19/h2-12,23H,13-14H2,1H3,(H2,24,25,26). The van der Waals surface area contributed by atoms with Gasteiger partial charge in [-0.2, -0.15) is 0 Å². The first kappa shape index (κ1) is 17.0. The molecule has 0 radical (unpaired) electrons. The second-order valence-electron chi connectivity index (χ2n) is 6.52. The molecule has 0 atom stereocenters. The third kappa shape index (κ3) is 3.87. The van der Waals surface area contributed by atoms with Crippen LogP contribution >= 0.6 is 0 Å². The maximum absolute atomic E-state index is 11.4. The van der Waals surface area contributed by atoms with Crippen molar-refractivity contribution >= 4 is 16.7 Å². The Bertz CT molecular complexity index is 1130. The van der Waals surface area contributed by atoms with Crippen molar-refractivity contribution in [1.82, 2.24) is 9.97 Å². The molecule has 27 heavy (non-hydrogen) atoms. The zero-order valence-electron chi connectivity index (χ0n) is 15.1. The first-order valence-electron chi connectivity index (χ1n) is 8.90. The summed E-state index contributed by atoms with van der Waals surface area (Å²) in [7, 11) is 0. The number of aryl methyl sites for hydroxylation is 1. The summed E-state index contributed by atoms with van der Waals surface area (Å²) in [6.45, 7) is 3.26. The molecule has 5 nitrogen and oxygen atoms in total. The molecule has 0 unspecified atom stereocenters. The molecule has 5 heteroatoms. The number of anilines is 1. The van der Waals surface area contributed by atoms with Gasteiger partial charge in [-0.3, -0.25) is 0 Å². The minimum atomic E-state index is -0.197. The van der Waals surface area contributed by atoms with Crippen LogP contribution in [0.25, 0.3) is 11.0 Å². The third-order valence-corrected chi connectivity index (χ3v) is 4.62. The van der Waals surface area contributed by atoms with E-state index in [0.29, 0.717) is 13.2 Å². The Kier molecular flexibility index (Phi) is 4.66. The van der Waals surface area contributed by atoms with Gasteiger partial charge in [0.15, 0.2) is 0 Å². The van der Waals surface area contributed by atoms with E-state index in [9.17, 15) is 4.79 Å². The number of hydrogen-bond acceptors (Lipinski definition) is 3. The predicted octanol–water partition coefficient (Wildman–Crippen LogP) is 4.36. The fraction of sp³-hybridized carbons (Fsp3) is 0.136. The van der Waals surface area contributed by atoms with Crippen LogP contribution < -0.4 is 15.7 Å². The Hall–Kier alpha value is -3.47. The van der Waals surface area contributed by atoms with E-state index in [0.717, 1.165) is 28.0 Å². The molecule has 0 fully saturated rings. The van der Waals surface area contributed by atoms with Crippen molar-refractivity contribution in [2.45, 2.75) is 20.1 Å². The molecule has 4 rings (SSSR count). The van der Waals surface area contributed by atoms with Gasteiger partial charge in [0, 0.05) is 17.8 Å². The van der Waals surface area contributed by atoms with Crippen molar-refractivity contribution in [3.05, 3.63) is 93.9 Å². The van der Waals surface area contributed by atoms with Crippen molar-refractivity contribution in [3.8, 4) is 5.75 Å². The van der Waals surface area contributed by atoms with Crippen LogP contribution in [0.5, 0.6) is 5.75 Å². The van der Waals surface area contributed by atoms with E-state index < -0.39 is 0 Å². The molecule has 0 aliphatic heterocycles. The number of nitrogens with one attached hydrogen (secondary N) is 3. The highest BCUT2D eigenvalue weighted by Crippen LogP contribution is 2.22. The molecule has 0 saturated carbocycles. The average molecular weight is 359 g/mol. The Balaban J connectivity index is 1.47. The number of aromatic nitrogens is 2. The molecule has 4 aromatic rings.